The van der Waals surface area contributed by atoms with Crippen LogP contribution in [0.5, 0.6) is 0 Å². The minimum Gasteiger partial charge on any atom is -0.294 e. The van der Waals surface area contributed by atoms with Gasteiger partial charge in [0.1, 0.15) is 9.84 Å². The summed E-state index contributed by atoms with van der Waals surface area (Å²) in [5.74, 6) is 0.0833. The maximum absolute atomic E-state index is 11.7. The molecular formula is C11H18N2O3S. The first-order valence-corrected chi connectivity index (χ1v) is 7.57. The van der Waals surface area contributed by atoms with Crippen LogP contribution in [0, 0.1) is 13.8 Å². The van der Waals surface area contributed by atoms with Crippen LogP contribution in [0.1, 0.15) is 35.1 Å². The summed E-state index contributed by atoms with van der Waals surface area (Å²) in [5, 5.41) is 4.21. The zero-order valence-corrected chi connectivity index (χ0v) is 11.5. The molecule has 17 heavy (non-hydrogen) atoms. The van der Waals surface area contributed by atoms with Gasteiger partial charge < -0.3 is 0 Å². The van der Waals surface area contributed by atoms with Crippen LogP contribution in [-0.2, 0) is 16.4 Å². The molecule has 0 aliphatic carbocycles. The molecule has 0 amide bonds. The van der Waals surface area contributed by atoms with Crippen molar-refractivity contribution in [1.29, 1.82) is 0 Å². The third-order valence-electron chi connectivity index (χ3n) is 2.66. The van der Waals surface area contributed by atoms with E-state index in [0.29, 0.717) is 24.2 Å². The molecule has 1 aromatic rings. The summed E-state index contributed by atoms with van der Waals surface area (Å²) < 4.78 is 23.8. The van der Waals surface area contributed by atoms with Crippen LogP contribution in [0.2, 0.25) is 0 Å². The largest absolute Gasteiger partial charge is 0.294 e. The van der Waals surface area contributed by atoms with E-state index in [1.165, 1.54) is 6.26 Å². The Kier molecular flexibility index (Phi) is 4.08. The predicted octanol–water partition coefficient (Wildman–Crippen LogP) is 1.14. The number of aromatic nitrogens is 2. The third-order valence-corrected chi connectivity index (χ3v) is 3.58. The van der Waals surface area contributed by atoms with Crippen LogP contribution in [0.3, 0.4) is 0 Å². The number of ketones is 1. The lowest BCUT2D eigenvalue weighted by atomic mass is 10.1. The minimum absolute atomic E-state index is 0.0364. The number of aryl methyl sites for hydroxylation is 2. The van der Waals surface area contributed by atoms with Gasteiger partial charge in [0.25, 0.3) is 0 Å². The number of nitrogens with zero attached hydrogens (tertiary/aromatic N) is 2. The second-order valence-electron chi connectivity index (χ2n) is 4.18. The van der Waals surface area contributed by atoms with E-state index in [4.69, 9.17) is 0 Å². The number of hydrogen-bond donors (Lipinski definition) is 0. The van der Waals surface area contributed by atoms with Gasteiger partial charge in [-0.3, -0.25) is 9.48 Å². The lowest BCUT2D eigenvalue weighted by Crippen LogP contribution is -2.13. The number of carbonyl (C=O) groups is 1. The van der Waals surface area contributed by atoms with Crippen LogP contribution in [-0.4, -0.2) is 36.0 Å². The third kappa shape index (κ3) is 3.39. The first-order chi connectivity index (χ1) is 7.76. The molecule has 0 unspecified atom stereocenters. The summed E-state index contributed by atoms with van der Waals surface area (Å²) in [6.45, 7) is 5.66. The monoisotopic (exact) mass is 258 g/mol. The summed E-state index contributed by atoms with van der Waals surface area (Å²) in [6.07, 6.45) is 1.62. The van der Waals surface area contributed by atoms with Crippen molar-refractivity contribution in [3.05, 3.63) is 17.0 Å². The van der Waals surface area contributed by atoms with Gasteiger partial charge in [0.2, 0.25) is 0 Å². The van der Waals surface area contributed by atoms with Crippen molar-refractivity contribution in [2.45, 2.75) is 33.7 Å². The van der Waals surface area contributed by atoms with Crippen molar-refractivity contribution in [1.82, 2.24) is 9.78 Å². The Balaban J connectivity index is 3.01. The van der Waals surface area contributed by atoms with Gasteiger partial charge in [-0.2, -0.15) is 5.10 Å². The molecule has 0 saturated heterocycles. The molecule has 0 fully saturated rings. The van der Waals surface area contributed by atoms with Crippen molar-refractivity contribution < 1.29 is 13.2 Å². The summed E-state index contributed by atoms with van der Waals surface area (Å²) in [4.78, 5) is 11.7. The maximum Gasteiger partial charge on any atom is 0.166 e. The Hall–Kier alpha value is -1.17. The van der Waals surface area contributed by atoms with Gasteiger partial charge in [-0.25, -0.2) is 8.42 Å². The average Bonchev–Trinajstić information content (AvgIpc) is 2.49. The van der Waals surface area contributed by atoms with Crippen LogP contribution in [0.15, 0.2) is 0 Å². The number of rotatable bonds is 5. The van der Waals surface area contributed by atoms with Gasteiger partial charge in [-0.05, 0) is 13.8 Å². The zero-order chi connectivity index (χ0) is 13.2. The van der Waals surface area contributed by atoms with Crippen molar-refractivity contribution in [2.75, 3.05) is 12.0 Å². The average molecular weight is 258 g/mol. The summed E-state index contributed by atoms with van der Waals surface area (Å²) in [7, 11) is -3.01. The topological polar surface area (TPSA) is 69.0 Å². The molecule has 0 aliphatic rings. The number of hydrogen-bond acceptors (Lipinski definition) is 4. The van der Waals surface area contributed by atoms with Crippen LogP contribution < -0.4 is 0 Å². The fourth-order valence-electron chi connectivity index (χ4n) is 1.75. The van der Waals surface area contributed by atoms with Gasteiger partial charge in [-0.15, -0.1) is 0 Å². The highest BCUT2D eigenvalue weighted by atomic mass is 32.2. The van der Waals surface area contributed by atoms with E-state index in [1.807, 2.05) is 0 Å². The lowest BCUT2D eigenvalue weighted by Gasteiger charge is -2.03. The van der Waals surface area contributed by atoms with E-state index in [0.717, 1.165) is 5.69 Å². The fraction of sp³-hybridized carbons (Fsp3) is 0.636. The SMILES string of the molecule is CCC(=O)c1c(C)nn(CCS(C)(=O)=O)c1C. The highest BCUT2D eigenvalue weighted by Gasteiger charge is 2.17. The molecule has 0 radical (unpaired) electrons. The lowest BCUT2D eigenvalue weighted by molar-refractivity contribution is 0.0987. The maximum atomic E-state index is 11.7. The molecule has 0 spiro atoms. The smallest absolute Gasteiger partial charge is 0.166 e. The predicted molar refractivity (Wildman–Crippen MR) is 66.0 cm³/mol. The summed E-state index contributed by atoms with van der Waals surface area (Å²) >= 11 is 0. The van der Waals surface area contributed by atoms with Crippen molar-refractivity contribution in [2.24, 2.45) is 0 Å². The van der Waals surface area contributed by atoms with Crippen molar-refractivity contribution in [3.8, 4) is 0 Å². The van der Waals surface area contributed by atoms with Gasteiger partial charge in [0.15, 0.2) is 5.78 Å². The minimum atomic E-state index is -3.01. The molecule has 6 heteroatoms. The van der Waals surface area contributed by atoms with Gasteiger partial charge in [-0.1, -0.05) is 6.92 Å². The first kappa shape index (κ1) is 13.9. The second kappa shape index (κ2) is 5.00. The number of Topliss-reactive ketones (excluding diaryl/α,β-unsaturated/α-hetero) is 1. The van der Waals surface area contributed by atoms with Crippen LogP contribution in [0.4, 0.5) is 0 Å². The van der Waals surface area contributed by atoms with E-state index >= 15 is 0 Å². The molecule has 1 heterocycles. The Labute approximate surface area is 102 Å². The molecule has 0 aromatic carbocycles. The van der Waals surface area contributed by atoms with E-state index in [-0.39, 0.29) is 11.5 Å². The van der Waals surface area contributed by atoms with E-state index in [9.17, 15) is 13.2 Å². The van der Waals surface area contributed by atoms with Gasteiger partial charge >= 0.3 is 0 Å². The Morgan fingerprint density at radius 1 is 1.35 bits per heavy atom. The highest BCUT2D eigenvalue weighted by Crippen LogP contribution is 2.15. The van der Waals surface area contributed by atoms with E-state index < -0.39 is 9.84 Å². The van der Waals surface area contributed by atoms with Crippen molar-refractivity contribution >= 4 is 15.6 Å². The standard InChI is InChI=1S/C11H18N2O3S/c1-5-10(14)11-8(2)12-13(9(11)3)6-7-17(4,15)16/h5-7H2,1-4H3. The van der Waals surface area contributed by atoms with E-state index in [2.05, 4.69) is 5.10 Å². The molecule has 0 bridgehead atoms. The van der Waals surface area contributed by atoms with Gasteiger partial charge in [0.05, 0.1) is 23.6 Å². The molecule has 0 atom stereocenters. The highest BCUT2D eigenvalue weighted by molar-refractivity contribution is 7.90. The second-order valence-corrected chi connectivity index (χ2v) is 6.44. The summed E-state index contributed by atoms with van der Waals surface area (Å²) in [5.41, 5.74) is 2.04. The van der Waals surface area contributed by atoms with Crippen molar-refractivity contribution in [3.63, 3.8) is 0 Å². The molecule has 1 rings (SSSR count). The molecule has 0 N–H and O–H groups in total. The normalized spacial score (nSPS) is 11.8. The fourth-order valence-corrected chi connectivity index (χ4v) is 2.25. The van der Waals surface area contributed by atoms with Gasteiger partial charge in [0, 0.05) is 18.4 Å². The molecule has 1 aromatic heterocycles. The molecule has 96 valence electrons. The zero-order valence-electron chi connectivity index (χ0n) is 10.6. The van der Waals surface area contributed by atoms with Crippen LogP contribution >= 0.6 is 0 Å². The number of carbonyl (C=O) groups excluding carboxylic acids is 1. The summed E-state index contributed by atoms with van der Waals surface area (Å²) in [6, 6.07) is 0. The number of sulfone groups is 1. The quantitative estimate of drug-likeness (QED) is 0.743. The molecule has 5 nitrogen and oxygen atoms in total. The molecule has 0 saturated carbocycles. The van der Waals surface area contributed by atoms with E-state index in [1.54, 1.807) is 25.5 Å². The first-order valence-electron chi connectivity index (χ1n) is 5.51. The molecular weight excluding hydrogens is 240 g/mol. The Morgan fingerprint density at radius 2 is 1.94 bits per heavy atom. The van der Waals surface area contributed by atoms with Crippen LogP contribution in [0.25, 0.3) is 0 Å². The Bertz CT molecular complexity index is 529. The molecule has 0 aliphatic heterocycles. The Morgan fingerprint density at radius 3 is 2.41 bits per heavy atom.